The molecule has 4 rings (SSSR count). The molecule has 0 fully saturated rings. The molecule has 1 N–H and O–H groups in total. The normalized spacial score (nSPS) is 11.1. The molecule has 0 aliphatic heterocycles. The third-order valence-corrected chi connectivity index (χ3v) is 5.90. The Labute approximate surface area is 153 Å². The van der Waals surface area contributed by atoms with E-state index >= 15 is 0 Å². The van der Waals surface area contributed by atoms with Gasteiger partial charge in [0.2, 0.25) is 0 Å². The number of H-pyrrole nitrogens is 1. The van der Waals surface area contributed by atoms with Crippen LogP contribution in [0.25, 0.3) is 22.2 Å². The first kappa shape index (κ1) is 16.1. The Bertz CT molecular complexity index is 1090. The molecule has 0 radical (unpaired) electrons. The first-order chi connectivity index (χ1) is 12.2. The summed E-state index contributed by atoms with van der Waals surface area (Å²) >= 11 is 3.19. The maximum Gasteiger partial charge on any atom is 0.258 e. The monoisotopic (exact) mass is 365 g/mol. The van der Waals surface area contributed by atoms with Gasteiger partial charge in [0.1, 0.15) is 5.82 Å². The molecular formula is C19H15N3OS2. The van der Waals surface area contributed by atoms with Gasteiger partial charge in [0.25, 0.3) is 5.56 Å². The Morgan fingerprint density at radius 1 is 1.08 bits per heavy atom. The summed E-state index contributed by atoms with van der Waals surface area (Å²) < 4.78 is 0.964. The zero-order chi connectivity index (χ0) is 17.2. The molecule has 4 nitrogen and oxygen atoms in total. The van der Waals surface area contributed by atoms with Crippen molar-refractivity contribution in [1.29, 1.82) is 0 Å². The summed E-state index contributed by atoms with van der Waals surface area (Å²) in [6.07, 6.45) is 0. The number of para-hydroxylation sites is 1. The minimum absolute atomic E-state index is 0.0894. The number of rotatable bonds is 4. The second kappa shape index (κ2) is 6.82. The highest BCUT2D eigenvalue weighted by molar-refractivity contribution is 8.00. The van der Waals surface area contributed by atoms with Crippen LogP contribution in [-0.4, -0.2) is 15.0 Å². The van der Waals surface area contributed by atoms with E-state index in [4.69, 9.17) is 0 Å². The van der Waals surface area contributed by atoms with Gasteiger partial charge in [0, 0.05) is 10.9 Å². The maximum absolute atomic E-state index is 12.2. The zero-order valence-electron chi connectivity index (χ0n) is 13.5. The number of aromatic amines is 1. The van der Waals surface area contributed by atoms with Gasteiger partial charge in [0.05, 0.1) is 22.3 Å². The second-order valence-corrected chi connectivity index (χ2v) is 7.72. The number of aromatic nitrogens is 3. The number of thiazole rings is 1. The van der Waals surface area contributed by atoms with Crippen molar-refractivity contribution < 1.29 is 0 Å². The number of thioether (sulfide) groups is 1. The van der Waals surface area contributed by atoms with Crippen LogP contribution in [0, 0.1) is 6.92 Å². The molecule has 2 aromatic heterocycles. The van der Waals surface area contributed by atoms with Gasteiger partial charge in [-0.2, -0.15) is 0 Å². The molecule has 0 bridgehead atoms. The van der Waals surface area contributed by atoms with E-state index in [-0.39, 0.29) is 5.56 Å². The second-order valence-electron chi connectivity index (χ2n) is 5.64. The third kappa shape index (κ3) is 3.36. The summed E-state index contributed by atoms with van der Waals surface area (Å²) in [4.78, 5) is 24.4. The van der Waals surface area contributed by atoms with Crippen LogP contribution in [0.3, 0.4) is 0 Å². The first-order valence-corrected chi connectivity index (χ1v) is 9.69. The van der Waals surface area contributed by atoms with Crippen LogP contribution in [0.1, 0.15) is 11.4 Å². The van der Waals surface area contributed by atoms with Crippen molar-refractivity contribution in [2.45, 2.75) is 17.0 Å². The van der Waals surface area contributed by atoms with E-state index in [1.54, 1.807) is 29.2 Å². The summed E-state index contributed by atoms with van der Waals surface area (Å²) in [6, 6.07) is 15.8. The molecule has 0 saturated carbocycles. The Balaban J connectivity index is 1.56. The number of fused-ring (bicyclic) bond motifs is 1. The molecule has 6 heteroatoms. The maximum atomic E-state index is 12.2. The zero-order valence-corrected chi connectivity index (χ0v) is 15.2. The lowest BCUT2D eigenvalue weighted by Crippen LogP contribution is -2.11. The molecule has 0 atom stereocenters. The molecule has 0 spiro atoms. The number of aryl methyl sites for hydroxylation is 1. The van der Waals surface area contributed by atoms with Crippen molar-refractivity contribution in [2.24, 2.45) is 0 Å². The minimum atomic E-state index is -0.0894. The Kier molecular flexibility index (Phi) is 4.38. The number of nitrogens with zero attached hydrogens (tertiary/aromatic N) is 2. The molecule has 0 aliphatic rings. The molecular weight excluding hydrogens is 350 g/mol. The summed E-state index contributed by atoms with van der Waals surface area (Å²) in [5.41, 5.74) is 3.78. The summed E-state index contributed by atoms with van der Waals surface area (Å²) in [6.45, 7) is 1.97. The van der Waals surface area contributed by atoms with Gasteiger partial charge in [0.15, 0.2) is 4.34 Å². The summed E-state index contributed by atoms with van der Waals surface area (Å²) in [5, 5.41) is 2.69. The van der Waals surface area contributed by atoms with Gasteiger partial charge >= 0.3 is 0 Å². The largest absolute Gasteiger partial charge is 0.309 e. The Morgan fingerprint density at radius 3 is 2.76 bits per heavy atom. The third-order valence-electron chi connectivity index (χ3n) is 3.87. The van der Waals surface area contributed by atoms with Crippen molar-refractivity contribution in [2.75, 3.05) is 0 Å². The highest BCUT2D eigenvalue weighted by atomic mass is 32.2. The molecule has 0 amide bonds. The fourth-order valence-electron chi connectivity index (χ4n) is 2.62. The topological polar surface area (TPSA) is 58.6 Å². The van der Waals surface area contributed by atoms with Crippen LogP contribution in [0.2, 0.25) is 0 Å². The molecule has 0 saturated heterocycles. The average molecular weight is 365 g/mol. The highest BCUT2D eigenvalue weighted by Crippen LogP contribution is 2.29. The highest BCUT2D eigenvalue weighted by Gasteiger charge is 2.09. The fourth-order valence-corrected chi connectivity index (χ4v) is 4.32. The molecule has 2 aromatic carbocycles. The van der Waals surface area contributed by atoms with Crippen molar-refractivity contribution >= 4 is 34.0 Å². The molecule has 2 heterocycles. The van der Waals surface area contributed by atoms with Gasteiger partial charge in [-0.15, -0.1) is 11.3 Å². The van der Waals surface area contributed by atoms with Crippen LogP contribution in [-0.2, 0) is 5.75 Å². The van der Waals surface area contributed by atoms with Crippen LogP contribution in [0.5, 0.6) is 0 Å². The summed E-state index contributed by atoms with van der Waals surface area (Å²) in [5.74, 6) is 1.26. The van der Waals surface area contributed by atoms with E-state index in [9.17, 15) is 4.79 Å². The number of hydrogen-bond acceptors (Lipinski definition) is 5. The van der Waals surface area contributed by atoms with Gasteiger partial charge in [-0.05, 0) is 18.6 Å². The van der Waals surface area contributed by atoms with E-state index in [2.05, 4.69) is 32.5 Å². The van der Waals surface area contributed by atoms with E-state index in [1.165, 1.54) is 0 Å². The minimum Gasteiger partial charge on any atom is -0.309 e. The summed E-state index contributed by atoms with van der Waals surface area (Å²) in [7, 11) is 0. The lowest BCUT2D eigenvalue weighted by Gasteiger charge is -2.04. The van der Waals surface area contributed by atoms with E-state index in [0.717, 1.165) is 26.7 Å². The fraction of sp³-hybridized carbons (Fsp3) is 0.105. The lowest BCUT2D eigenvalue weighted by molar-refractivity contribution is 1.03. The average Bonchev–Trinajstić information content (AvgIpc) is 3.11. The molecule has 0 unspecified atom stereocenters. The molecule has 4 aromatic rings. The standard InChI is InChI=1S/C19H15N3OS2/c1-12-6-5-9-14-17(12)21-16(22-18(14)23)11-25-19-20-15(10-24-19)13-7-3-2-4-8-13/h2-10H,11H2,1H3,(H,21,22,23). The number of benzene rings is 2. The number of nitrogens with one attached hydrogen (secondary N) is 1. The van der Waals surface area contributed by atoms with Crippen molar-refractivity contribution in [3.63, 3.8) is 0 Å². The van der Waals surface area contributed by atoms with Crippen LogP contribution < -0.4 is 5.56 Å². The predicted octanol–water partition coefficient (Wildman–Crippen LogP) is 4.65. The van der Waals surface area contributed by atoms with E-state index in [0.29, 0.717) is 17.0 Å². The van der Waals surface area contributed by atoms with Crippen LogP contribution >= 0.6 is 23.1 Å². The van der Waals surface area contributed by atoms with Crippen molar-refractivity contribution in [3.8, 4) is 11.3 Å². The van der Waals surface area contributed by atoms with Crippen LogP contribution in [0.4, 0.5) is 0 Å². The Morgan fingerprint density at radius 2 is 1.92 bits per heavy atom. The van der Waals surface area contributed by atoms with Crippen molar-refractivity contribution in [1.82, 2.24) is 15.0 Å². The van der Waals surface area contributed by atoms with Gasteiger partial charge in [-0.25, -0.2) is 9.97 Å². The SMILES string of the molecule is Cc1cccc2c(=O)[nH]c(CSc3nc(-c4ccccc4)cs3)nc12. The number of hydrogen-bond donors (Lipinski definition) is 1. The van der Waals surface area contributed by atoms with E-state index in [1.807, 2.05) is 37.3 Å². The van der Waals surface area contributed by atoms with Crippen LogP contribution in [0.15, 0.2) is 63.0 Å². The molecule has 124 valence electrons. The van der Waals surface area contributed by atoms with Gasteiger partial charge < -0.3 is 4.98 Å². The first-order valence-electron chi connectivity index (χ1n) is 7.83. The molecule has 0 aliphatic carbocycles. The van der Waals surface area contributed by atoms with Gasteiger partial charge in [-0.3, -0.25) is 4.79 Å². The Hall–Kier alpha value is -2.44. The van der Waals surface area contributed by atoms with E-state index < -0.39 is 0 Å². The molecule has 25 heavy (non-hydrogen) atoms. The van der Waals surface area contributed by atoms with Crippen molar-refractivity contribution in [3.05, 3.63) is 75.7 Å². The smallest absolute Gasteiger partial charge is 0.258 e. The predicted molar refractivity (Wildman–Crippen MR) is 104 cm³/mol. The lowest BCUT2D eigenvalue weighted by atomic mass is 10.1. The quantitative estimate of drug-likeness (QED) is 0.535. The van der Waals surface area contributed by atoms with Gasteiger partial charge in [-0.1, -0.05) is 54.2 Å².